The second kappa shape index (κ2) is 3.51. The van der Waals surface area contributed by atoms with Gasteiger partial charge in [-0.2, -0.15) is 0 Å². The van der Waals surface area contributed by atoms with Gasteiger partial charge in [-0.25, -0.2) is 5.48 Å². The van der Waals surface area contributed by atoms with Gasteiger partial charge in [0.2, 0.25) is 0 Å². The van der Waals surface area contributed by atoms with Crippen molar-refractivity contribution in [2.45, 2.75) is 6.42 Å². The van der Waals surface area contributed by atoms with Crippen LogP contribution in [0.1, 0.15) is 5.56 Å². The number of benzene rings is 1. The summed E-state index contributed by atoms with van der Waals surface area (Å²) in [5.74, 6) is -0.514. The molecule has 2 rings (SSSR count). The molecule has 0 atom stereocenters. The van der Waals surface area contributed by atoms with Gasteiger partial charge in [-0.3, -0.25) is 10.0 Å². The molecule has 0 saturated carbocycles. The lowest BCUT2D eigenvalue weighted by Crippen LogP contribution is -2.26. The molecule has 0 radical (unpaired) electrons. The first-order chi connectivity index (χ1) is 6.81. The second-order valence-corrected chi connectivity index (χ2v) is 3.04. The highest BCUT2D eigenvalue weighted by Gasteiger charge is 2.14. The number of nitrogens with one attached hydrogen (secondary N) is 2. The quantitative estimate of drug-likeness (QED) is 0.458. The number of carbonyl (C=O) groups is 1. The van der Waals surface area contributed by atoms with Crippen LogP contribution in [0.5, 0.6) is 0 Å². The number of rotatable bonds is 1. The Hall–Kier alpha value is -1.81. The van der Waals surface area contributed by atoms with Gasteiger partial charge >= 0.3 is 0 Å². The highest BCUT2D eigenvalue weighted by molar-refractivity contribution is 5.96. The largest absolute Gasteiger partial charge is 0.351 e. The van der Waals surface area contributed by atoms with Gasteiger partial charge in [0.1, 0.15) is 5.70 Å². The summed E-state index contributed by atoms with van der Waals surface area (Å²) in [5.41, 5.74) is 4.03. The Morgan fingerprint density at radius 2 is 2.21 bits per heavy atom. The molecule has 0 aromatic heterocycles. The Labute approximate surface area is 81.2 Å². The number of fused-ring (bicyclic) bond motifs is 1. The Balaban J connectivity index is 2.25. The fourth-order valence-corrected chi connectivity index (χ4v) is 1.44. The van der Waals surface area contributed by atoms with E-state index in [9.17, 15) is 4.79 Å². The molecule has 0 spiro atoms. The van der Waals surface area contributed by atoms with Crippen molar-refractivity contribution in [1.82, 2.24) is 5.48 Å². The predicted octanol–water partition coefficient (Wildman–Crippen LogP) is 1.04. The van der Waals surface area contributed by atoms with Gasteiger partial charge in [-0.05, 0) is 18.1 Å². The average molecular weight is 190 g/mol. The van der Waals surface area contributed by atoms with Crippen molar-refractivity contribution in [2.24, 2.45) is 0 Å². The van der Waals surface area contributed by atoms with Gasteiger partial charge in [0.05, 0.1) is 0 Å². The van der Waals surface area contributed by atoms with Crippen LogP contribution in [0.4, 0.5) is 5.69 Å². The van der Waals surface area contributed by atoms with Crippen LogP contribution < -0.4 is 10.8 Å². The van der Waals surface area contributed by atoms with Crippen molar-refractivity contribution in [3.8, 4) is 0 Å². The Kier molecular flexibility index (Phi) is 2.20. The van der Waals surface area contributed by atoms with Crippen molar-refractivity contribution >= 4 is 11.6 Å². The number of anilines is 1. The minimum absolute atomic E-state index is 0.381. The Morgan fingerprint density at radius 1 is 1.43 bits per heavy atom. The van der Waals surface area contributed by atoms with Crippen LogP contribution in [0.25, 0.3) is 0 Å². The zero-order valence-corrected chi connectivity index (χ0v) is 7.45. The molecule has 3 N–H and O–H groups in total. The molecule has 4 heteroatoms. The van der Waals surface area contributed by atoms with Gasteiger partial charge in [0.15, 0.2) is 0 Å². The van der Waals surface area contributed by atoms with E-state index in [1.807, 2.05) is 24.3 Å². The average Bonchev–Trinajstić information content (AvgIpc) is 2.27. The maximum atomic E-state index is 11.1. The molecule has 4 nitrogen and oxygen atoms in total. The molecule has 1 heterocycles. The zero-order valence-electron chi connectivity index (χ0n) is 7.45. The first-order valence-electron chi connectivity index (χ1n) is 4.31. The smallest absolute Gasteiger partial charge is 0.290 e. The molecule has 0 saturated heterocycles. The fraction of sp³-hybridized carbons (Fsp3) is 0.100. The van der Waals surface area contributed by atoms with Crippen LogP contribution in [0, 0.1) is 0 Å². The predicted molar refractivity (Wildman–Crippen MR) is 51.8 cm³/mol. The van der Waals surface area contributed by atoms with E-state index >= 15 is 0 Å². The van der Waals surface area contributed by atoms with Crippen LogP contribution in [-0.4, -0.2) is 11.1 Å². The summed E-state index contributed by atoms with van der Waals surface area (Å²) in [7, 11) is 0. The van der Waals surface area contributed by atoms with Gasteiger partial charge in [-0.1, -0.05) is 24.3 Å². The second-order valence-electron chi connectivity index (χ2n) is 3.04. The van der Waals surface area contributed by atoms with E-state index in [0.717, 1.165) is 11.3 Å². The first-order valence-corrected chi connectivity index (χ1v) is 4.31. The summed E-state index contributed by atoms with van der Waals surface area (Å²) >= 11 is 0. The number of hydrogen-bond donors (Lipinski definition) is 3. The maximum Gasteiger partial charge on any atom is 0.290 e. The third kappa shape index (κ3) is 1.47. The maximum absolute atomic E-state index is 11.1. The Bertz CT molecular complexity index is 399. The number of carbonyl (C=O) groups excluding carboxylic acids is 1. The van der Waals surface area contributed by atoms with Crippen molar-refractivity contribution in [1.29, 1.82) is 0 Å². The van der Waals surface area contributed by atoms with E-state index in [0.29, 0.717) is 12.1 Å². The van der Waals surface area contributed by atoms with Crippen LogP contribution in [0.2, 0.25) is 0 Å². The number of hydroxylamine groups is 1. The Morgan fingerprint density at radius 3 is 3.00 bits per heavy atom. The highest BCUT2D eigenvalue weighted by Crippen LogP contribution is 2.22. The molecule has 1 aromatic rings. The molecular weight excluding hydrogens is 180 g/mol. The molecule has 0 bridgehead atoms. The van der Waals surface area contributed by atoms with Crippen LogP contribution >= 0.6 is 0 Å². The third-order valence-electron chi connectivity index (χ3n) is 2.16. The minimum atomic E-state index is -0.514. The van der Waals surface area contributed by atoms with E-state index in [1.54, 1.807) is 11.6 Å². The topological polar surface area (TPSA) is 61.4 Å². The zero-order chi connectivity index (χ0) is 9.97. The first kappa shape index (κ1) is 8.77. The molecule has 14 heavy (non-hydrogen) atoms. The number of allylic oxidation sites excluding steroid dienone is 1. The lowest BCUT2D eigenvalue weighted by atomic mass is 10.0. The van der Waals surface area contributed by atoms with Crippen molar-refractivity contribution in [2.75, 3.05) is 5.32 Å². The standard InChI is InChI=1S/C10H10N2O2/c13-10(12-14)9-6-5-7-3-1-2-4-8(7)11-9/h1-4,6,11,14H,5H2,(H,12,13). The summed E-state index contributed by atoms with van der Waals surface area (Å²) < 4.78 is 0. The summed E-state index contributed by atoms with van der Waals surface area (Å²) in [5, 5.41) is 11.4. The monoisotopic (exact) mass is 190 g/mol. The number of para-hydroxylation sites is 1. The number of hydrogen-bond acceptors (Lipinski definition) is 3. The molecular formula is C10H10N2O2. The van der Waals surface area contributed by atoms with E-state index in [4.69, 9.17) is 5.21 Å². The highest BCUT2D eigenvalue weighted by atomic mass is 16.5. The van der Waals surface area contributed by atoms with Gasteiger partial charge in [-0.15, -0.1) is 0 Å². The molecule has 72 valence electrons. The molecule has 1 aromatic carbocycles. The van der Waals surface area contributed by atoms with Gasteiger partial charge in [0.25, 0.3) is 5.91 Å². The van der Waals surface area contributed by atoms with Crippen molar-refractivity contribution in [3.05, 3.63) is 41.6 Å². The minimum Gasteiger partial charge on any atom is -0.351 e. The van der Waals surface area contributed by atoms with Crippen LogP contribution in [0.15, 0.2) is 36.0 Å². The number of amides is 1. The van der Waals surface area contributed by atoms with Crippen LogP contribution in [-0.2, 0) is 11.2 Å². The van der Waals surface area contributed by atoms with Crippen LogP contribution in [0.3, 0.4) is 0 Å². The molecule has 0 aliphatic carbocycles. The van der Waals surface area contributed by atoms with E-state index in [1.165, 1.54) is 0 Å². The van der Waals surface area contributed by atoms with Crippen molar-refractivity contribution < 1.29 is 10.0 Å². The third-order valence-corrected chi connectivity index (χ3v) is 2.16. The van der Waals surface area contributed by atoms with Gasteiger partial charge < -0.3 is 5.32 Å². The summed E-state index contributed by atoms with van der Waals surface area (Å²) in [4.78, 5) is 11.1. The molecule has 1 amide bonds. The molecule has 1 aliphatic heterocycles. The summed E-state index contributed by atoms with van der Waals surface area (Å²) in [6, 6.07) is 7.73. The van der Waals surface area contributed by atoms with Crippen molar-refractivity contribution in [3.63, 3.8) is 0 Å². The molecule has 0 fully saturated rings. The summed E-state index contributed by atoms with van der Waals surface area (Å²) in [6.07, 6.45) is 2.44. The lowest BCUT2D eigenvalue weighted by Gasteiger charge is -2.17. The molecule has 1 aliphatic rings. The summed E-state index contributed by atoms with van der Waals surface area (Å²) in [6.45, 7) is 0. The fourth-order valence-electron chi connectivity index (χ4n) is 1.44. The SMILES string of the molecule is O=C(NO)C1=CCc2ccccc2N1. The van der Waals surface area contributed by atoms with E-state index in [2.05, 4.69) is 5.32 Å². The molecule has 0 unspecified atom stereocenters. The van der Waals surface area contributed by atoms with Gasteiger partial charge in [0, 0.05) is 5.69 Å². The lowest BCUT2D eigenvalue weighted by molar-refractivity contribution is -0.125. The van der Waals surface area contributed by atoms with E-state index in [-0.39, 0.29) is 0 Å². The van der Waals surface area contributed by atoms with E-state index < -0.39 is 5.91 Å². The normalized spacial score (nSPS) is 13.6.